The number of aromatic nitrogens is 2. The van der Waals surface area contributed by atoms with Gasteiger partial charge in [0, 0.05) is 23.2 Å². The Labute approximate surface area is 148 Å². The molecule has 3 rings (SSSR count). The summed E-state index contributed by atoms with van der Waals surface area (Å²) in [4.78, 5) is 27.8. The van der Waals surface area contributed by atoms with Gasteiger partial charge in [-0.05, 0) is 24.6 Å². The minimum Gasteiger partial charge on any atom is -0.306 e. The molecule has 7 heteroatoms. The summed E-state index contributed by atoms with van der Waals surface area (Å²) in [5, 5.41) is 5.14. The van der Waals surface area contributed by atoms with Crippen LogP contribution >= 0.6 is 11.6 Å². The molecule has 0 atom stereocenters. The number of aryl methyl sites for hydroxylation is 1. The standard InChI is InChI=1S/C18H15ClN4O2/c1-12-5-4-6-13-9-14(18(19)21-17(12)13)10-20-22-15(24)11-23-8-3-2-7-16(23)25/h2-10H,11H2,1H3,(H,22,24)/b20-10-. The lowest BCUT2D eigenvalue weighted by Crippen LogP contribution is -2.29. The number of hydrogen-bond donors (Lipinski definition) is 1. The van der Waals surface area contributed by atoms with Crippen LogP contribution in [0.4, 0.5) is 0 Å². The molecule has 0 saturated carbocycles. The number of benzene rings is 1. The second-order valence-corrected chi connectivity index (χ2v) is 5.83. The first-order valence-electron chi connectivity index (χ1n) is 7.58. The molecule has 6 nitrogen and oxygen atoms in total. The predicted octanol–water partition coefficient (Wildman–Crippen LogP) is 2.51. The Morgan fingerprint density at radius 1 is 1.32 bits per heavy atom. The highest BCUT2D eigenvalue weighted by Crippen LogP contribution is 2.21. The van der Waals surface area contributed by atoms with Gasteiger partial charge in [0.25, 0.3) is 11.5 Å². The maximum atomic E-state index is 11.9. The second-order valence-electron chi connectivity index (χ2n) is 5.47. The fraction of sp³-hybridized carbons (Fsp3) is 0.111. The molecular formula is C18H15ClN4O2. The van der Waals surface area contributed by atoms with Gasteiger partial charge in [-0.2, -0.15) is 5.10 Å². The SMILES string of the molecule is Cc1cccc2cc(/C=N\NC(=O)Cn3ccccc3=O)c(Cl)nc12. The van der Waals surface area contributed by atoms with Crippen molar-refractivity contribution in [2.75, 3.05) is 0 Å². The zero-order valence-corrected chi connectivity index (χ0v) is 14.2. The third kappa shape index (κ3) is 3.92. The fourth-order valence-corrected chi connectivity index (χ4v) is 2.57. The number of hydrogen-bond acceptors (Lipinski definition) is 4. The normalized spacial score (nSPS) is 11.1. The predicted molar refractivity (Wildman–Crippen MR) is 97.9 cm³/mol. The zero-order chi connectivity index (χ0) is 17.8. The summed E-state index contributed by atoms with van der Waals surface area (Å²) in [6, 6.07) is 12.4. The molecule has 0 bridgehead atoms. The van der Waals surface area contributed by atoms with Crippen molar-refractivity contribution in [3.05, 3.63) is 75.3 Å². The monoisotopic (exact) mass is 354 g/mol. The van der Waals surface area contributed by atoms with Gasteiger partial charge in [0.15, 0.2) is 0 Å². The number of hydrazone groups is 1. The zero-order valence-electron chi connectivity index (χ0n) is 13.4. The Morgan fingerprint density at radius 3 is 2.96 bits per heavy atom. The minimum atomic E-state index is -0.412. The molecular weight excluding hydrogens is 340 g/mol. The van der Waals surface area contributed by atoms with Crippen molar-refractivity contribution in [2.24, 2.45) is 5.10 Å². The van der Waals surface area contributed by atoms with E-state index in [2.05, 4.69) is 15.5 Å². The molecule has 1 N–H and O–H groups in total. The van der Waals surface area contributed by atoms with E-state index in [1.807, 2.05) is 31.2 Å². The Hall–Kier alpha value is -2.99. The Kier molecular flexibility index (Phi) is 4.90. The van der Waals surface area contributed by atoms with E-state index in [1.165, 1.54) is 23.0 Å². The van der Waals surface area contributed by atoms with E-state index < -0.39 is 5.91 Å². The van der Waals surface area contributed by atoms with E-state index in [1.54, 1.807) is 12.1 Å². The number of halogens is 1. The van der Waals surface area contributed by atoms with Crippen LogP contribution in [-0.2, 0) is 11.3 Å². The van der Waals surface area contributed by atoms with E-state index in [0.717, 1.165) is 16.5 Å². The molecule has 0 radical (unpaired) electrons. The van der Waals surface area contributed by atoms with Crippen LogP contribution in [0.1, 0.15) is 11.1 Å². The van der Waals surface area contributed by atoms with E-state index >= 15 is 0 Å². The van der Waals surface area contributed by atoms with Gasteiger partial charge in [0.05, 0.1) is 11.7 Å². The molecule has 0 spiro atoms. The van der Waals surface area contributed by atoms with Gasteiger partial charge in [-0.3, -0.25) is 9.59 Å². The maximum Gasteiger partial charge on any atom is 0.260 e. The third-order valence-electron chi connectivity index (χ3n) is 3.63. The summed E-state index contributed by atoms with van der Waals surface area (Å²) in [5.74, 6) is -0.412. The summed E-state index contributed by atoms with van der Waals surface area (Å²) in [6.45, 7) is 1.85. The van der Waals surface area contributed by atoms with E-state index in [-0.39, 0.29) is 12.1 Å². The highest BCUT2D eigenvalue weighted by atomic mass is 35.5. The number of para-hydroxylation sites is 1. The highest BCUT2D eigenvalue weighted by Gasteiger charge is 2.06. The number of fused-ring (bicyclic) bond motifs is 1. The number of rotatable bonds is 4. The van der Waals surface area contributed by atoms with Crippen molar-refractivity contribution < 1.29 is 4.79 Å². The van der Waals surface area contributed by atoms with Crippen LogP contribution < -0.4 is 11.0 Å². The van der Waals surface area contributed by atoms with Gasteiger partial charge in [0.2, 0.25) is 0 Å². The number of nitrogens with one attached hydrogen (secondary N) is 1. The van der Waals surface area contributed by atoms with Crippen molar-refractivity contribution in [1.82, 2.24) is 15.0 Å². The first-order chi connectivity index (χ1) is 12.0. The topological polar surface area (TPSA) is 76.3 Å². The molecule has 0 aliphatic carbocycles. The quantitative estimate of drug-likeness (QED) is 0.444. The van der Waals surface area contributed by atoms with Crippen LogP contribution in [0.3, 0.4) is 0 Å². The average molecular weight is 355 g/mol. The molecule has 0 aliphatic rings. The molecule has 3 aromatic rings. The lowest BCUT2D eigenvalue weighted by molar-refractivity contribution is -0.121. The molecule has 2 aromatic heterocycles. The molecule has 126 valence electrons. The first kappa shape index (κ1) is 16.9. The van der Waals surface area contributed by atoms with Gasteiger partial charge in [0.1, 0.15) is 11.7 Å². The van der Waals surface area contributed by atoms with Crippen molar-refractivity contribution in [2.45, 2.75) is 13.5 Å². The number of carbonyl (C=O) groups excluding carboxylic acids is 1. The maximum absolute atomic E-state index is 11.9. The van der Waals surface area contributed by atoms with Crippen molar-refractivity contribution in [1.29, 1.82) is 0 Å². The summed E-state index contributed by atoms with van der Waals surface area (Å²) >= 11 is 6.18. The van der Waals surface area contributed by atoms with E-state index in [9.17, 15) is 9.59 Å². The van der Waals surface area contributed by atoms with Crippen LogP contribution in [0.2, 0.25) is 5.15 Å². The molecule has 25 heavy (non-hydrogen) atoms. The number of nitrogens with zero attached hydrogens (tertiary/aromatic N) is 3. The highest BCUT2D eigenvalue weighted by molar-refractivity contribution is 6.32. The number of amides is 1. The number of pyridine rings is 2. The van der Waals surface area contributed by atoms with E-state index in [4.69, 9.17) is 11.6 Å². The fourth-order valence-electron chi connectivity index (χ4n) is 2.39. The third-order valence-corrected chi connectivity index (χ3v) is 3.94. The average Bonchev–Trinajstić information content (AvgIpc) is 2.58. The second kappa shape index (κ2) is 7.27. The molecule has 0 saturated heterocycles. The summed E-state index contributed by atoms with van der Waals surface area (Å²) in [6.07, 6.45) is 2.97. The van der Waals surface area contributed by atoms with Crippen LogP contribution in [0.15, 0.2) is 58.6 Å². The molecule has 0 fully saturated rings. The molecule has 2 heterocycles. The van der Waals surface area contributed by atoms with E-state index in [0.29, 0.717) is 10.7 Å². The Bertz CT molecular complexity index is 1030. The molecule has 0 unspecified atom stereocenters. The van der Waals surface area contributed by atoms with Gasteiger partial charge in [-0.15, -0.1) is 0 Å². The summed E-state index contributed by atoms with van der Waals surface area (Å²) < 4.78 is 1.29. The summed E-state index contributed by atoms with van der Waals surface area (Å²) in [5.41, 5.74) is 4.58. The summed E-state index contributed by atoms with van der Waals surface area (Å²) in [7, 11) is 0. The van der Waals surface area contributed by atoms with Crippen molar-refractivity contribution in [3.63, 3.8) is 0 Å². The van der Waals surface area contributed by atoms with Gasteiger partial charge < -0.3 is 4.57 Å². The smallest absolute Gasteiger partial charge is 0.260 e. The van der Waals surface area contributed by atoms with Crippen LogP contribution in [-0.4, -0.2) is 21.7 Å². The van der Waals surface area contributed by atoms with Crippen LogP contribution in [0.25, 0.3) is 10.9 Å². The lowest BCUT2D eigenvalue weighted by atomic mass is 10.1. The Morgan fingerprint density at radius 2 is 2.16 bits per heavy atom. The number of carbonyl (C=O) groups is 1. The van der Waals surface area contributed by atoms with Gasteiger partial charge >= 0.3 is 0 Å². The first-order valence-corrected chi connectivity index (χ1v) is 7.95. The Balaban J connectivity index is 1.73. The molecule has 1 aromatic carbocycles. The van der Waals surface area contributed by atoms with Crippen molar-refractivity contribution >= 4 is 34.6 Å². The van der Waals surface area contributed by atoms with Crippen molar-refractivity contribution in [3.8, 4) is 0 Å². The van der Waals surface area contributed by atoms with Gasteiger partial charge in [-0.1, -0.05) is 35.9 Å². The van der Waals surface area contributed by atoms with Crippen LogP contribution in [0.5, 0.6) is 0 Å². The largest absolute Gasteiger partial charge is 0.306 e. The molecule has 1 amide bonds. The van der Waals surface area contributed by atoms with Crippen LogP contribution in [0, 0.1) is 6.92 Å². The molecule has 0 aliphatic heterocycles. The lowest BCUT2D eigenvalue weighted by Gasteiger charge is -2.05. The minimum absolute atomic E-state index is 0.111. The van der Waals surface area contributed by atoms with Gasteiger partial charge in [-0.25, -0.2) is 10.4 Å².